The number of sulfone groups is 1. The fraction of sp³-hybridized carbons (Fsp3) is 0.143. The molecule has 0 fully saturated rings. The molecule has 0 aliphatic heterocycles. The number of halogens is 1. The van der Waals surface area contributed by atoms with Crippen molar-refractivity contribution in [3.8, 4) is 0 Å². The SMILES string of the molecule is Cc1ccc(S(C)(=O)=O)cc1NC(=O)c1ccc(Cl)nc1. The molecule has 1 aromatic carbocycles. The molecule has 5 nitrogen and oxygen atoms in total. The van der Waals surface area contributed by atoms with Gasteiger partial charge in [0, 0.05) is 18.1 Å². The van der Waals surface area contributed by atoms with Crippen molar-refractivity contribution in [1.29, 1.82) is 0 Å². The molecular weight excluding hydrogens is 312 g/mol. The molecule has 0 atom stereocenters. The van der Waals surface area contributed by atoms with Crippen molar-refractivity contribution < 1.29 is 13.2 Å². The van der Waals surface area contributed by atoms with Crippen LogP contribution >= 0.6 is 11.6 Å². The third kappa shape index (κ3) is 3.80. The molecule has 0 saturated heterocycles. The number of nitrogens with zero attached hydrogens (tertiary/aromatic N) is 1. The molecule has 1 heterocycles. The molecule has 0 aliphatic carbocycles. The van der Waals surface area contributed by atoms with Gasteiger partial charge in [-0.3, -0.25) is 4.79 Å². The predicted molar refractivity (Wildman–Crippen MR) is 81.5 cm³/mol. The van der Waals surface area contributed by atoms with E-state index in [0.29, 0.717) is 16.4 Å². The molecule has 2 aromatic rings. The Labute approximate surface area is 127 Å². The van der Waals surface area contributed by atoms with Crippen LogP contribution in [0.5, 0.6) is 0 Å². The molecule has 1 aromatic heterocycles. The number of benzene rings is 1. The van der Waals surface area contributed by atoms with Crippen LogP contribution in [-0.4, -0.2) is 25.6 Å². The number of hydrogen-bond donors (Lipinski definition) is 1. The molecular formula is C14H13ClN2O3S. The van der Waals surface area contributed by atoms with Gasteiger partial charge in [-0.05, 0) is 36.8 Å². The van der Waals surface area contributed by atoms with Gasteiger partial charge in [-0.15, -0.1) is 0 Å². The zero-order chi connectivity index (χ0) is 15.6. The van der Waals surface area contributed by atoms with E-state index in [-0.39, 0.29) is 10.8 Å². The summed E-state index contributed by atoms with van der Waals surface area (Å²) in [4.78, 5) is 16.1. The topological polar surface area (TPSA) is 76.1 Å². The molecule has 0 spiro atoms. The smallest absolute Gasteiger partial charge is 0.257 e. The van der Waals surface area contributed by atoms with Crippen LogP contribution in [0.3, 0.4) is 0 Å². The van der Waals surface area contributed by atoms with Gasteiger partial charge in [-0.1, -0.05) is 17.7 Å². The fourth-order valence-electron chi connectivity index (χ4n) is 1.67. The molecule has 0 bridgehead atoms. The molecule has 110 valence electrons. The van der Waals surface area contributed by atoms with Crippen LogP contribution in [0.2, 0.25) is 5.15 Å². The Morgan fingerprint density at radius 1 is 1.24 bits per heavy atom. The quantitative estimate of drug-likeness (QED) is 0.881. The Morgan fingerprint density at radius 2 is 1.95 bits per heavy atom. The fourth-order valence-corrected chi connectivity index (χ4v) is 2.43. The first-order chi connectivity index (χ1) is 9.77. The van der Waals surface area contributed by atoms with E-state index in [2.05, 4.69) is 10.3 Å². The Bertz CT molecular complexity index is 786. The van der Waals surface area contributed by atoms with Crippen molar-refractivity contribution >= 4 is 33.0 Å². The molecule has 2 rings (SSSR count). The van der Waals surface area contributed by atoms with Gasteiger partial charge in [0.05, 0.1) is 10.5 Å². The standard InChI is InChI=1S/C14H13ClN2O3S/c1-9-3-5-11(21(2,19)20)7-12(9)17-14(18)10-4-6-13(15)16-8-10/h3-8H,1-2H3,(H,17,18). The van der Waals surface area contributed by atoms with Crippen LogP contribution in [0.1, 0.15) is 15.9 Å². The highest BCUT2D eigenvalue weighted by molar-refractivity contribution is 7.90. The summed E-state index contributed by atoms with van der Waals surface area (Å²) >= 11 is 5.66. The Hall–Kier alpha value is -1.92. The van der Waals surface area contributed by atoms with Crippen LogP contribution in [0.15, 0.2) is 41.4 Å². The molecule has 0 aliphatic rings. The van der Waals surface area contributed by atoms with E-state index in [4.69, 9.17) is 11.6 Å². The molecule has 0 unspecified atom stereocenters. The van der Waals surface area contributed by atoms with E-state index in [1.807, 2.05) is 0 Å². The molecule has 0 radical (unpaired) electrons. The molecule has 1 N–H and O–H groups in total. The third-order valence-corrected chi connectivity index (χ3v) is 4.21. The van der Waals surface area contributed by atoms with Crippen LogP contribution < -0.4 is 5.32 Å². The lowest BCUT2D eigenvalue weighted by molar-refractivity contribution is 0.102. The van der Waals surface area contributed by atoms with Gasteiger partial charge in [0.1, 0.15) is 5.15 Å². The van der Waals surface area contributed by atoms with E-state index in [1.165, 1.54) is 24.4 Å². The number of amides is 1. The van der Waals surface area contributed by atoms with Crippen LogP contribution in [-0.2, 0) is 9.84 Å². The second kappa shape index (κ2) is 5.83. The summed E-state index contributed by atoms with van der Waals surface area (Å²) in [5, 5.41) is 2.97. The van der Waals surface area contributed by atoms with Gasteiger partial charge in [0.25, 0.3) is 5.91 Å². The van der Waals surface area contributed by atoms with E-state index in [1.54, 1.807) is 19.1 Å². The van der Waals surface area contributed by atoms with Crippen molar-refractivity contribution in [1.82, 2.24) is 4.98 Å². The molecule has 21 heavy (non-hydrogen) atoms. The summed E-state index contributed by atoms with van der Waals surface area (Å²) in [7, 11) is -3.33. The summed E-state index contributed by atoms with van der Waals surface area (Å²) in [5.74, 6) is -0.382. The maximum atomic E-state index is 12.1. The number of carbonyl (C=O) groups is 1. The summed E-state index contributed by atoms with van der Waals surface area (Å²) in [5.41, 5.74) is 1.54. The summed E-state index contributed by atoms with van der Waals surface area (Å²) < 4.78 is 23.1. The highest BCUT2D eigenvalue weighted by Gasteiger charge is 2.12. The van der Waals surface area contributed by atoms with E-state index in [9.17, 15) is 13.2 Å². The maximum absolute atomic E-state index is 12.1. The highest BCUT2D eigenvalue weighted by atomic mass is 35.5. The first kappa shape index (κ1) is 15.5. The Morgan fingerprint density at radius 3 is 2.52 bits per heavy atom. The van der Waals surface area contributed by atoms with Crippen molar-refractivity contribution in [2.75, 3.05) is 11.6 Å². The Balaban J connectivity index is 2.31. The molecule has 0 saturated carbocycles. The Kier molecular flexibility index (Phi) is 4.29. The number of pyridine rings is 1. The first-order valence-corrected chi connectivity index (χ1v) is 8.28. The second-order valence-electron chi connectivity index (χ2n) is 4.57. The number of aryl methyl sites for hydroxylation is 1. The van der Waals surface area contributed by atoms with Crippen molar-refractivity contribution in [2.24, 2.45) is 0 Å². The van der Waals surface area contributed by atoms with Gasteiger partial charge < -0.3 is 5.32 Å². The van der Waals surface area contributed by atoms with E-state index < -0.39 is 9.84 Å². The molecule has 7 heteroatoms. The monoisotopic (exact) mass is 324 g/mol. The first-order valence-electron chi connectivity index (χ1n) is 6.01. The summed E-state index contributed by atoms with van der Waals surface area (Å²) in [6.07, 6.45) is 2.47. The average molecular weight is 325 g/mol. The lowest BCUT2D eigenvalue weighted by Crippen LogP contribution is -2.13. The number of anilines is 1. The van der Waals surface area contributed by atoms with Crippen LogP contribution in [0.25, 0.3) is 0 Å². The predicted octanol–water partition coefficient (Wildman–Crippen LogP) is 2.70. The van der Waals surface area contributed by atoms with Gasteiger partial charge >= 0.3 is 0 Å². The van der Waals surface area contributed by atoms with Crippen LogP contribution in [0.4, 0.5) is 5.69 Å². The van der Waals surface area contributed by atoms with Gasteiger partial charge in [0.2, 0.25) is 0 Å². The largest absolute Gasteiger partial charge is 0.322 e. The number of hydrogen-bond acceptors (Lipinski definition) is 4. The number of nitrogens with one attached hydrogen (secondary N) is 1. The normalized spacial score (nSPS) is 11.2. The second-order valence-corrected chi connectivity index (χ2v) is 6.98. The minimum absolute atomic E-state index is 0.151. The lowest BCUT2D eigenvalue weighted by atomic mass is 10.2. The average Bonchev–Trinajstić information content (AvgIpc) is 2.40. The highest BCUT2D eigenvalue weighted by Crippen LogP contribution is 2.21. The van der Waals surface area contributed by atoms with Crippen LogP contribution in [0, 0.1) is 6.92 Å². The van der Waals surface area contributed by atoms with Crippen molar-refractivity contribution in [2.45, 2.75) is 11.8 Å². The zero-order valence-electron chi connectivity index (χ0n) is 11.4. The maximum Gasteiger partial charge on any atom is 0.257 e. The minimum atomic E-state index is -3.33. The summed E-state index contributed by atoms with van der Waals surface area (Å²) in [6.45, 7) is 1.78. The number of carbonyl (C=O) groups excluding carboxylic acids is 1. The van der Waals surface area contributed by atoms with Gasteiger partial charge in [-0.2, -0.15) is 0 Å². The number of aromatic nitrogens is 1. The summed E-state index contributed by atoms with van der Waals surface area (Å²) in [6, 6.07) is 7.64. The van der Waals surface area contributed by atoms with Gasteiger partial charge in [-0.25, -0.2) is 13.4 Å². The third-order valence-electron chi connectivity index (χ3n) is 2.87. The van der Waals surface area contributed by atoms with E-state index >= 15 is 0 Å². The van der Waals surface area contributed by atoms with Gasteiger partial charge in [0.15, 0.2) is 9.84 Å². The molecule has 1 amide bonds. The lowest BCUT2D eigenvalue weighted by Gasteiger charge is -2.10. The number of rotatable bonds is 3. The zero-order valence-corrected chi connectivity index (χ0v) is 13.0. The van der Waals surface area contributed by atoms with E-state index in [0.717, 1.165) is 11.8 Å². The minimum Gasteiger partial charge on any atom is -0.322 e. The van der Waals surface area contributed by atoms with Crippen molar-refractivity contribution in [3.05, 3.63) is 52.8 Å². The van der Waals surface area contributed by atoms with Crippen molar-refractivity contribution in [3.63, 3.8) is 0 Å².